The normalized spacial score (nSPS) is 11.0. The van der Waals surface area contributed by atoms with Crippen molar-refractivity contribution in [3.8, 4) is 10.7 Å². The molecule has 2 nitrogen and oxygen atoms in total. The highest BCUT2D eigenvalue weighted by atomic mass is 79.9. The summed E-state index contributed by atoms with van der Waals surface area (Å²) < 4.78 is 1.07. The van der Waals surface area contributed by atoms with Crippen LogP contribution in [0.4, 0.5) is 0 Å². The van der Waals surface area contributed by atoms with Gasteiger partial charge in [0.15, 0.2) is 0 Å². The van der Waals surface area contributed by atoms with E-state index in [4.69, 9.17) is 0 Å². The summed E-state index contributed by atoms with van der Waals surface area (Å²) in [6.45, 7) is 0. The summed E-state index contributed by atoms with van der Waals surface area (Å²) >= 11 is 5.14. The molecule has 0 aliphatic heterocycles. The molecule has 0 bridgehead atoms. The van der Waals surface area contributed by atoms with Gasteiger partial charge >= 0.3 is 0 Å². The first-order valence-electron chi connectivity index (χ1n) is 4.52. The van der Waals surface area contributed by atoms with Crippen LogP contribution in [0.2, 0.25) is 0 Å². The van der Waals surface area contributed by atoms with Crippen LogP contribution in [0.1, 0.15) is 0 Å². The molecule has 2 aromatic heterocycles. The number of aromatic nitrogens is 2. The molecule has 0 saturated carbocycles. The average Bonchev–Trinajstić information content (AvgIpc) is 2.84. The van der Waals surface area contributed by atoms with Crippen LogP contribution in [0.5, 0.6) is 0 Å². The Hall–Kier alpha value is -1.13. The minimum atomic E-state index is 0.943. The van der Waals surface area contributed by atoms with Gasteiger partial charge in [0.25, 0.3) is 0 Å². The molecule has 0 spiro atoms. The molecule has 0 aliphatic carbocycles. The maximum absolute atomic E-state index is 4.53. The lowest BCUT2D eigenvalue weighted by atomic mass is 10.3. The maximum atomic E-state index is 4.53. The van der Waals surface area contributed by atoms with E-state index in [-0.39, 0.29) is 0 Å². The fraction of sp³-hybridized carbons (Fsp3) is 0. The van der Waals surface area contributed by atoms with Crippen molar-refractivity contribution in [1.82, 2.24) is 9.97 Å². The van der Waals surface area contributed by atoms with Crippen LogP contribution in [0, 0.1) is 0 Å². The highest BCUT2D eigenvalue weighted by molar-refractivity contribution is 9.10. The summed E-state index contributed by atoms with van der Waals surface area (Å²) in [6.07, 6.45) is 0. The van der Waals surface area contributed by atoms with E-state index in [9.17, 15) is 0 Å². The van der Waals surface area contributed by atoms with Crippen molar-refractivity contribution < 1.29 is 0 Å². The lowest BCUT2D eigenvalue weighted by molar-refractivity contribution is 1.36. The fourth-order valence-electron chi connectivity index (χ4n) is 1.51. The Morgan fingerprint density at radius 2 is 2.20 bits per heavy atom. The van der Waals surface area contributed by atoms with Gasteiger partial charge in [0, 0.05) is 4.47 Å². The number of hydrogen-bond acceptors (Lipinski definition) is 2. The minimum absolute atomic E-state index is 0.943. The summed E-state index contributed by atoms with van der Waals surface area (Å²) in [5, 5.41) is 2.05. The number of hydrogen-bond donors (Lipinski definition) is 1. The molecule has 0 fully saturated rings. The Labute approximate surface area is 99.1 Å². The average molecular weight is 279 g/mol. The van der Waals surface area contributed by atoms with Crippen molar-refractivity contribution in [2.45, 2.75) is 0 Å². The van der Waals surface area contributed by atoms with Gasteiger partial charge in [-0.05, 0) is 29.6 Å². The first kappa shape index (κ1) is 9.12. The van der Waals surface area contributed by atoms with Crippen molar-refractivity contribution in [3.05, 3.63) is 40.2 Å². The SMILES string of the molecule is Brc1ccc2nc(-c3cccs3)[nH]c2c1. The maximum Gasteiger partial charge on any atom is 0.148 e. The third kappa shape index (κ3) is 1.60. The van der Waals surface area contributed by atoms with Gasteiger partial charge < -0.3 is 4.98 Å². The zero-order valence-corrected chi connectivity index (χ0v) is 10.1. The molecule has 0 atom stereocenters. The number of H-pyrrole nitrogens is 1. The number of thiophene rings is 1. The molecule has 1 aromatic carbocycles. The van der Waals surface area contributed by atoms with Crippen molar-refractivity contribution in [2.24, 2.45) is 0 Å². The summed E-state index contributed by atoms with van der Waals surface area (Å²) in [4.78, 5) is 9.01. The molecule has 0 aliphatic rings. The number of imidazole rings is 1. The summed E-state index contributed by atoms with van der Waals surface area (Å²) in [5.74, 6) is 0.943. The topological polar surface area (TPSA) is 28.7 Å². The first-order chi connectivity index (χ1) is 7.33. The lowest BCUT2D eigenvalue weighted by Crippen LogP contribution is -1.72. The highest BCUT2D eigenvalue weighted by Crippen LogP contribution is 2.25. The van der Waals surface area contributed by atoms with Crippen molar-refractivity contribution in [2.75, 3.05) is 0 Å². The van der Waals surface area contributed by atoms with Crippen molar-refractivity contribution in [1.29, 1.82) is 0 Å². The minimum Gasteiger partial charge on any atom is -0.337 e. The van der Waals surface area contributed by atoms with Crippen LogP contribution in [0.3, 0.4) is 0 Å². The molecule has 2 heterocycles. The third-order valence-electron chi connectivity index (χ3n) is 2.20. The fourth-order valence-corrected chi connectivity index (χ4v) is 2.54. The molecule has 0 saturated heterocycles. The van der Waals surface area contributed by atoms with E-state index in [2.05, 4.69) is 37.3 Å². The van der Waals surface area contributed by atoms with E-state index >= 15 is 0 Å². The molecule has 15 heavy (non-hydrogen) atoms. The van der Waals surface area contributed by atoms with Gasteiger partial charge in [-0.3, -0.25) is 0 Å². The number of nitrogens with zero attached hydrogens (tertiary/aromatic N) is 1. The van der Waals surface area contributed by atoms with Gasteiger partial charge in [-0.1, -0.05) is 22.0 Å². The second-order valence-corrected chi connectivity index (χ2v) is 5.09. The van der Waals surface area contributed by atoms with Crippen molar-refractivity contribution >= 4 is 38.3 Å². The number of nitrogens with one attached hydrogen (secondary N) is 1. The van der Waals surface area contributed by atoms with E-state index in [1.807, 2.05) is 24.3 Å². The molecule has 74 valence electrons. The molecule has 0 amide bonds. The van der Waals surface area contributed by atoms with Gasteiger partial charge in [-0.2, -0.15) is 0 Å². The standard InChI is InChI=1S/C11H7BrN2S/c12-7-3-4-8-9(6-7)14-11(13-8)10-2-1-5-15-10/h1-6H,(H,13,14). The van der Waals surface area contributed by atoms with Crippen LogP contribution >= 0.6 is 27.3 Å². The van der Waals surface area contributed by atoms with Crippen LogP contribution in [0.25, 0.3) is 21.7 Å². The number of aromatic amines is 1. The number of halogens is 1. The van der Waals surface area contributed by atoms with Crippen LogP contribution in [0.15, 0.2) is 40.2 Å². The Morgan fingerprint density at radius 1 is 1.27 bits per heavy atom. The number of benzene rings is 1. The second-order valence-electron chi connectivity index (χ2n) is 3.22. The van der Waals surface area contributed by atoms with Gasteiger partial charge in [-0.15, -0.1) is 11.3 Å². The Balaban J connectivity index is 2.22. The van der Waals surface area contributed by atoms with E-state index in [0.29, 0.717) is 0 Å². The molecule has 3 aromatic rings. The molecular formula is C11H7BrN2S. The van der Waals surface area contributed by atoms with Crippen LogP contribution < -0.4 is 0 Å². The van der Waals surface area contributed by atoms with Crippen molar-refractivity contribution in [3.63, 3.8) is 0 Å². The number of rotatable bonds is 1. The van der Waals surface area contributed by atoms with Crippen LogP contribution in [-0.4, -0.2) is 9.97 Å². The van der Waals surface area contributed by atoms with Gasteiger partial charge in [0.2, 0.25) is 0 Å². The summed E-state index contributed by atoms with van der Waals surface area (Å²) in [5.41, 5.74) is 2.06. The Morgan fingerprint density at radius 3 is 3.00 bits per heavy atom. The molecular weight excluding hydrogens is 272 g/mol. The zero-order chi connectivity index (χ0) is 10.3. The third-order valence-corrected chi connectivity index (χ3v) is 3.57. The predicted molar refractivity (Wildman–Crippen MR) is 67.1 cm³/mol. The predicted octanol–water partition coefficient (Wildman–Crippen LogP) is 4.05. The molecule has 0 radical (unpaired) electrons. The van der Waals surface area contributed by atoms with E-state index in [0.717, 1.165) is 21.3 Å². The molecule has 4 heteroatoms. The van der Waals surface area contributed by atoms with E-state index < -0.39 is 0 Å². The van der Waals surface area contributed by atoms with Crippen LogP contribution in [-0.2, 0) is 0 Å². The zero-order valence-electron chi connectivity index (χ0n) is 7.70. The van der Waals surface area contributed by atoms with Gasteiger partial charge in [0.1, 0.15) is 5.82 Å². The second kappa shape index (κ2) is 3.47. The summed E-state index contributed by atoms with van der Waals surface area (Å²) in [6, 6.07) is 10.1. The largest absolute Gasteiger partial charge is 0.337 e. The molecule has 3 rings (SSSR count). The van der Waals surface area contributed by atoms with Gasteiger partial charge in [-0.25, -0.2) is 4.98 Å². The van der Waals surface area contributed by atoms with E-state index in [1.165, 1.54) is 4.88 Å². The van der Waals surface area contributed by atoms with E-state index in [1.54, 1.807) is 11.3 Å². The molecule has 0 unspecified atom stereocenters. The monoisotopic (exact) mass is 278 g/mol. The summed E-state index contributed by atoms with van der Waals surface area (Å²) in [7, 11) is 0. The molecule has 1 N–H and O–H groups in total. The lowest BCUT2D eigenvalue weighted by Gasteiger charge is -1.88. The smallest absolute Gasteiger partial charge is 0.148 e. The van der Waals surface area contributed by atoms with Gasteiger partial charge in [0.05, 0.1) is 15.9 Å². The number of fused-ring (bicyclic) bond motifs is 1. The highest BCUT2D eigenvalue weighted by Gasteiger charge is 2.05. The Bertz CT molecular complexity index is 598. The quantitative estimate of drug-likeness (QED) is 0.715. The first-order valence-corrected chi connectivity index (χ1v) is 6.19. The Kier molecular flexibility index (Phi) is 2.11.